The van der Waals surface area contributed by atoms with Gasteiger partial charge in [0.1, 0.15) is 17.3 Å². The summed E-state index contributed by atoms with van der Waals surface area (Å²) in [6, 6.07) is 14.2. The molecule has 0 saturated carbocycles. The van der Waals surface area contributed by atoms with E-state index in [1.807, 2.05) is 28.7 Å². The van der Waals surface area contributed by atoms with Gasteiger partial charge in [-0.05, 0) is 36.4 Å². The van der Waals surface area contributed by atoms with Crippen molar-refractivity contribution in [1.82, 2.24) is 9.38 Å². The second kappa shape index (κ2) is 7.50. The highest BCUT2D eigenvalue weighted by molar-refractivity contribution is 7.23. The van der Waals surface area contributed by atoms with Gasteiger partial charge in [-0.15, -0.1) is 0 Å². The number of benzene rings is 2. The minimum absolute atomic E-state index is 0.300. The second-order valence-corrected chi connectivity index (χ2v) is 7.38. The fourth-order valence-corrected chi connectivity index (χ4v) is 4.15. The third-order valence-corrected chi connectivity index (χ3v) is 5.56. The molecule has 0 spiro atoms. The normalized spacial score (nSPS) is 12.6. The smallest absolute Gasteiger partial charge is 0.197 e. The second-order valence-electron chi connectivity index (χ2n) is 5.96. The minimum atomic E-state index is -0.300. The molecule has 2 aromatic carbocycles. The van der Waals surface area contributed by atoms with Crippen molar-refractivity contribution in [2.45, 2.75) is 0 Å². The largest absolute Gasteiger partial charge is 0.403 e. The van der Waals surface area contributed by atoms with Gasteiger partial charge in [0, 0.05) is 17.5 Å². The number of fused-ring (bicyclic) bond motifs is 3. The first-order chi connectivity index (χ1) is 13.6. The van der Waals surface area contributed by atoms with Crippen molar-refractivity contribution in [2.75, 3.05) is 5.32 Å². The number of thiazole rings is 1. The molecule has 2 aromatic heterocycles. The van der Waals surface area contributed by atoms with Gasteiger partial charge in [-0.2, -0.15) is 0 Å². The number of nitrogens with two attached hydrogens (primary N) is 1. The van der Waals surface area contributed by atoms with Crippen molar-refractivity contribution < 1.29 is 4.39 Å². The Balaban J connectivity index is 1.99. The van der Waals surface area contributed by atoms with Crippen LogP contribution in [0.5, 0.6) is 0 Å². The molecule has 3 N–H and O–H groups in total. The van der Waals surface area contributed by atoms with Crippen molar-refractivity contribution in [1.29, 1.82) is 0 Å². The molecule has 0 aliphatic rings. The van der Waals surface area contributed by atoms with Crippen LogP contribution in [0.3, 0.4) is 0 Å². The molecule has 2 heterocycles. The Morgan fingerprint density at radius 3 is 2.68 bits per heavy atom. The zero-order chi connectivity index (χ0) is 19.7. The maximum Gasteiger partial charge on any atom is 0.197 e. The number of anilines is 2. The topological polar surface area (TPSA) is 55.3 Å². The fourth-order valence-electron chi connectivity index (χ4n) is 2.97. The SMILES string of the molecule is C=C/C=C(\C(Cl)=C/N)c1nc2sc3ccccc3n2c1Nc1ccc(F)cc1. The molecule has 4 aromatic rings. The molecule has 0 saturated heterocycles. The molecule has 0 aliphatic carbocycles. The van der Waals surface area contributed by atoms with Crippen LogP contribution >= 0.6 is 22.9 Å². The van der Waals surface area contributed by atoms with Gasteiger partial charge < -0.3 is 11.1 Å². The highest BCUT2D eigenvalue weighted by atomic mass is 35.5. The number of allylic oxidation sites excluding steroid dienone is 4. The third-order valence-electron chi connectivity index (χ3n) is 4.20. The zero-order valence-electron chi connectivity index (χ0n) is 14.7. The van der Waals surface area contributed by atoms with E-state index in [0.717, 1.165) is 20.9 Å². The lowest BCUT2D eigenvalue weighted by molar-refractivity contribution is 0.628. The molecule has 0 unspecified atom stereocenters. The molecule has 0 bridgehead atoms. The molecule has 4 nitrogen and oxygen atoms in total. The number of hydrogen-bond donors (Lipinski definition) is 2. The van der Waals surface area contributed by atoms with Gasteiger partial charge in [-0.25, -0.2) is 9.37 Å². The lowest BCUT2D eigenvalue weighted by atomic mass is 10.1. The Morgan fingerprint density at radius 1 is 1.21 bits per heavy atom. The molecule has 4 rings (SSSR count). The summed E-state index contributed by atoms with van der Waals surface area (Å²) in [4.78, 5) is 5.60. The summed E-state index contributed by atoms with van der Waals surface area (Å²) in [7, 11) is 0. The number of hydrogen-bond acceptors (Lipinski definition) is 4. The number of aromatic nitrogens is 2. The Bertz CT molecular complexity index is 1230. The third kappa shape index (κ3) is 3.17. The summed E-state index contributed by atoms with van der Waals surface area (Å²) in [5.41, 5.74) is 8.67. The van der Waals surface area contributed by atoms with Gasteiger partial charge in [0.2, 0.25) is 0 Å². The quantitative estimate of drug-likeness (QED) is 0.394. The Morgan fingerprint density at radius 2 is 1.96 bits per heavy atom. The first kappa shape index (κ1) is 18.3. The van der Waals surface area contributed by atoms with E-state index < -0.39 is 0 Å². The van der Waals surface area contributed by atoms with E-state index in [9.17, 15) is 4.39 Å². The van der Waals surface area contributed by atoms with Crippen molar-refractivity contribution in [2.24, 2.45) is 5.73 Å². The zero-order valence-corrected chi connectivity index (χ0v) is 16.3. The van der Waals surface area contributed by atoms with E-state index in [0.29, 0.717) is 22.1 Å². The van der Waals surface area contributed by atoms with Crippen LogP contribution in [0.1, 0.15) is 5.69 Å². The van der Waals surface area contributed by atoms with Gasteiger partial charge in [0.05, 0.1) is 15.2 Å². The van der Waals surface area contributed by atoms with Crippen LogP contribution in [0.25, 0.3) is 20.8 Å². The van der Waals surface area contributed by atoms with E-state index in [-0.39, 0.29) is 5.82 Å². The number of rotatable bonds is 5. The summed E-state index contributed by atoms with van der Waals surface area (Å²) in [5.74, 6) is 0.415. The molecule has 140 valence electrons. The minimum Gasteiger partial charge on any atom is -0.403 e. The van der Waals surface area contributed by atoms with Crippen LogP contribution in [-0.2, 0) is 0 Å². The molecular formula is C21H16ClFN4S. The lowest BCUT2D eigenvalue weighted by Crippen LogP contribution is -1.99. The monoisotopic (exact) mass is 410 g/mol. The van der Waals surface area contributed by atoms with Crippen LogP contribution in [0.15, 0.2) is 78.5 Å². The molecule has 0 amide bonds. The van der Waals surface area contributed by atoms with Crippen LogP contribution in [0, 0.1) is 5.82 Å². The molecule has 0 fully saturated rings. The average Bonchev–Trinajstić information content (AvgIpc) is 3.24. The van der Waals surface area contributed by atoms with Crippen molar-refractivity contribution >= 4 is 55.2 Å². The Labute approximate surface area is 170 Å². The maximum absolute atomic E-state index is 13.3. The predicted molar refractivity (Wildman–Crippen MR) is 117 cm³/mol. The Hall–Kier alpha value is -3.09. The standard InChI is InChI=1S/C21H16ClFN4S/c1-2-5-15(16(22)12-24)19-20(25-14-10-8-13(23)9-11-14)27-17-6-3-4-7-18(17)28-21(27)26-19/h2-12,25H,1,24H2/b15-5+,16-12+. The number of nitrogens with zero attached hydrogens (tertiary/aromatic N) is 2. The van der Waals surface area contributed by atoms with Crippen LogP contribution in [0.2, 0.25) is 0 Å². The maximum atomic E-state index is 13.3. The molecule has 7 heteroatoms. The van der Waals surface area contributed by atoms with Crippen LogP contribution < -0.4 is 11.1 Å². The van der Waals surface area contributed by atoms with Gasteiger partial charge in [-0.1, -0.05) is 53.8 Å². The van der Waals surface area contributed by atoms with E-state index in [1.165, 1.54) is 18.3 Å². The van der Waals surface area contributed by atoms with Crippen LogP contribution in [-0.4, -0.2) is 9.38 Å². The summed E-state index contributed by atoms with van der Waals surface area (Å²) in [6.07, 6.45) is 4.72. The molecule has 0 aliphatic heterocycles. The van der Waals surface area contributed by atoms with E-state index in [4.69, 9.17) is 22.3 Å². The first-order valence-corrected chi connectivity index (χ1v) is 9.65. The lowest BCUT2D eigenvalue weighted by Gasteiger charge is -2.11. The average molecular weight is 411 g/mol. The Kier molecular flexibility index (Phi) is 4.90. The van der Waals surface area contributed by atoms with E-state index in [2.05, 4.69) is 11.9 Å². The number of imidazole rings is 1. The summed E-state index contributed by atoms with van der Waals surface area (Å²) >= 11 is 7.92. The van der Waals surface area contributed by atoms with E-state index >= 15 is 0 Å². The van der Waals surface area contributed by atoms with Crippen LogP contribution in [0.4, 0.5) is 15.9 Å². The number of halogens is 2. The van der Waals surface area contributed by atoms with Gasteiger partial charge in [0.15, 0.2) is 4.96 Å². The molecular weight excluding hydrogens is 395 g/mol. The molecule has 0 atom stereocenters. The molecule has 28 heavy (non-hydrogen) atoms. The van der Waals surface area contributed by atoms with Gasteiger partial charge in [0.25, 0.3) is 0 Å². The fraction of sp³-hybridized carbons (Fsp3) is 0. The van der Waals surface area contributed by atoms with E-state index in [1.54, 1.807) is 35.6 Å². The molecule has 0 radical (unpaired) electrons. The number of nitrogens with one attached hydrogen (secondary N) is 1. The van der Waals surface area contributed by atoms with Gasteiger partial charge in [-0.3, -0.25) is 4.40 Å². The highest BCUT2D eigenvalue weighted by Crippen LogP contribution is 2.38. The summed E-state index contributed by atoms with van der Waals surface area (Å²) in [5, 5.41) is 3.72. The van der Waals surface area contributed by atoms with Crippen molar-refractivity contribution in [3.8, 4) is 0 Å². The number of para-hydroxylation sites is 1. The predicted octanol–water partition coefficient (Wildman–Crippen LogP) is 6.04. The van der Waals surface area contributed by atoms with Crippen molar-refractivity contribution in [3.05, 3.63) is 90.0 Å². The first-order valence-electron chi connectivity index (χ1n) is 8.46. The highest BCUT2D eigenvalue weighted by Gasteiger charge is 2.21. The summed E-state index contributed by atoms with van der Waals surface area (Å²) < 4.78 is 16.5. The summed E-state index contributed by atoms with van der Waals surface area (Å²) in [6.45, 7) is 3.76. The van der Waals surface area contributed by atoms with Gasteiger partial charge >= 0.3 is 0 Å². The van der Waals surface area contributed by atoms with Crippen molar-refractivity contribution in [3.63, 3.8) is 0 Å².